The highest BCUT2D eigenvalue weighted by molar-refractivity contribution is 4.87. The highest BCUT2D eigenvalue weighted by Gasteiger charge is 2.34. The molecular weight excluding hydrogens is 226 g/mol. The summed E-state index contributed by atoms with van der Waals surface area (Å²) in [6.07, 6.45) is 4.94. The highest BCUT2D eigenvalue weighted by Crippen LogP contribution is 2.36. The SMILES string of the molecule is CCOC(CCN1CCC(CC)(CC)C1)OCC. The van der Waals surface area contributed by atoms with Gasteiger partial charge < -0.3 is 14.4 Å². The van der Waals surface area contributed by atoms with E-state index in [1.54, 1.807) is 0 Å². The first-order chi connectivity index (χ1) is 8.69. The molecule has 1 rings (SSSR count). The van der Waals surface area contributed by atoms with Gasteiger partial charge in [-0.05, 0) is 45.1 Å². The Bertz CT molecular complexity index is 211. The fraction of sp³-hybridized carbons (Fsp3) is 1.00. The van der Waals surface area contributed by atoms with Crippen molar-refractivity contribution in [3.8, 4) is 0 Å². The van der Waals surface area contributed by atoms with E-state index < -0.39 is 0 Å². The van der Waals surface area contributed by atoms with Gasteiger partial charge in [-0.2, -0.15) is 0 Å². The number of nitrogens with zero attached hydrogens (tertiary/aromatic N) is 1. The number of ether oxygens (including phenoxy) is 2. The average molecular weight is 257 g/mol. The van der Waals surface area contributed by atoms with Crippen molar-refractivity contribution in [2.45, 2.75) is 59.7 Å². The van der Waals surface area contributed by atoms with Crippen molar-refractivity contribution in [1.29, 1.82) is 0 Å². The first-order valence-electron chi connectivity index (χ1n) is 7.65. The van der Waals surface area contributed by atoms with Crippen LogP contribution in [0.2, 0.25) is 0 Å². The fourth-order valence-corrected chi connectivity index (χ4v) is 2.92. The van der Waals surface area contributed by atoms with Crippen LogP contribution in [0.1, 0.15) is 53.4 Å². The molecule has 1 saturated heterocycles. The van der Waals surface area contributed by atoms with Crippen molar-refractivity contribution in [3.05, 3.63) is 0 Å². The molecule has 108 valence electrons. The predicted octanol–water partition coefficient (Wildman–Crippen LogP) is 3.29. The third-order valence-electron chi connectivity index (χ3n) is 4.40. The lowest BCUT2D eigenvalue weighted by molar-refractivity contribution is -0.141. The van der Waals surface area contributed by atoms with E-state index in [1.807, 2.05) is 13.8 Å². The van der Waals surface area contributed by atoms with Crippen molar-refractivity contribution < 1.29 is 9.47 Å². The average Bonchev–Trinajstić information content (AvgIpc) is 2.81. The van der Waals surface area contributed by atoms with Crippen molar-refractivity contribution >= 4 is 0 Å². The van der Waals surface area contributed by atoms with Crippen LogP contribution in [0.15, 0.2) is 0 Å². The van der Waals surface area contributed by atoms with E-state index >= 15 is 0 Å². The molecule has 0 spiro atoms. The van der Waals surface area contributed by atoms with Crippen molar-refractivity contribution in [1.82, 2.24) is 4.90 Å². The summed E-state index contributed by atoms with van der Waals surface area (Å²) in [5.74, 6) is 0. The van der Waals surface area contributed by atoms with Gasteiger partial charge in [-0.3, -0.25) is 0 Å². The van der Waals surface area contributed by atoms with Gasteiger partial charge >= 0.3 is 0 Å². The van der Waals surface area contributed by atoms with Crippen molar-refractivity contribution in [2.24, 2.45) is 5.41 Å². The molecule has 0 aliphatic carbocycles. The highest BCUT2D eigenvalue weighted by atomic mass is 16.7. The quantitative estimate of drug-likeness (QED) is 0.592. The van der Waals surface area contributed by atoms with Gasteiger partial charge in [0, 0.05) is 32.7 Å². The van der Waals surface area contributed by atoms with Crippen LogP contribution in [0.4, 0.5) is 0 Å². The second kappa shape index (κ2) is 8.13. The Labute approximate surface area is 113 Å². The molecule has 0 saturated carbocycles. The Morgan fingerprint density at radius 2 is 1.67 bits per heavy atom. The summed E-state index contributed by atoms with van der Waals surface area (Å²) in [5.41, 5.74) is 0.576. The number of hydrogen-bond acceptors (Lipinski definition) is 3. The molecule has 0 unspecified atom stereocenters. The van der Waals surface area contributed by atoms with E-state index in [2.05, 4.69) is 18.7 Å². The van der Waals surface area contributed by atoms with E-state index in [-0.39, 0.29) is 6.29 Å². The molecular formula is C15H31NO2. The monoisotopic (exact) mass is 257 g/mol. The first-order valence-corrected chi connectivity index (χ1v) is 7.65. The van der Waals surface area contributed by atoms with Crippen LogP contribution in [0.5, 0.6) is 0 Å². The van der Waals surface area contributed by atoms with E-state index in [0.29, 0.717) is 5.41 Å². The molecule has 18 heavy (non-hydrogen) atoms. The van der Waals surface area contributed by atoms with Gasteiger partial charge in [0.25, 0.3) is 0 Å². The van der Waals surface area contributed by atoms with Crippen LogP contribution in [0.25, 0.3) is 0 Å². The molecule has 1 fully saturated rings. The lowest BCUT2D eigenvalue weighted by Crippen LogP contribution is -2.30. The normalized spacial score (nSPS) is 19.8. The third kappa shape index (κ3) is 4.52. The molecule has 0 aromatic carbocycles. The molecule has 3 heteroatoms. The summed E-state index contributed by atoms with van der Waals surface area (Å²) in [7, 11) is 0. The van der Waals surface area contributed by atoms with Gasteiger partial charge in [-0.25, -0.2) is 0 Å². The number of hydrogen-bond donors (Lipinski definition) is 0. The van der Waals surface area contributed by atoms with Crippen LogP contribution < -0.4 is 0 Å². The van der Waals surface area contributed by atoms with Gasteiger partial charge in [0.05, 0.1) is 0 Å². The van der Waals surface area contributed by atoms with Crippen LogP contribution in [-0.2, 0) is 9.47 Å². The second-order valence-electron chi connectivity index (χ2n) is 5.36. The maximum Gasteiger partial charge on any atom is 0.158 e. The zero-order valence-corrected chi connectivity index (χ0v) is 12.7. The first kappa shape index (κ1) is 15.9. The summed E-state index contributed by atoms with van der Waals surface area (Å²) < 4.78 is 11.2. The Morgan fingerprint density at radius 3 is 2.11 bits per heavy atom. The molecule has 0 N–H and O–H groups in total. The lowest BCUT2D eigenvalue weighted by atomic mass is 9.82. The summed E-state index contributed by atoms with van der Waals surface area (Å²) in [5, 5.41) is 0. The Balaban J connectivity index is 2.31. The van der Waals surface area contributed by atoms with Crippen LogP contribution in [0, 0.1) is 5.41 Å². The smallest absolute Gasteiger partial charge is 0.158 e. The molecule has 0 aromatic rings. The molecule has 0 atom stereocenters. The van der Waals surface area contributed by atoms with Gasteiger partial charge in [0.2, 0.25) is 0 Å². The topological polar surface area (TPSA) is 21.7 Å². The minimum absolute atomic E-state index is 0.0155. The fourth-order valence-electron chi connectivity index (χ4n) is 2.92. The van der Waals surface area contributed by atoms with Crippen LogP contribution in [-0.4, -0.2) is 44.0 Å². The van der Waals surface area contributed by atoms with Crippen LogP contribution in [0.3, 0.4) is 0 Å². The molecule has 1 heterocycles. The standard InChI is InChI=1S/C15H31NO2/c1-5-15(6-2)10-12-16(13-15)11-9-14(17-7-3)18-8-4/h14H,5-13H2,1-4H3. The molecule has 3 nitrogen and oxygen atoms in total. The van der Waals surface area contributed by atoms with E-state index in [4.69, 9.17) is 9.47 Å². The summed E-state index contributed by atoms with van der Waals surface area (Å²) in [4.78, 5) is 2.58. The van der Waals surface area contributed by atoms with Gasteiger partial charge in [0.1, 0.15) is 0 Å². The van der Waals surface area contributed by atoms with Crippen LogP contribution >= 0.6 is 0 Å². The van der Waals surface area contributed by atoms with E-state index in [9.17, 15) is 0 Å². The minimum atomic E-state index is -0.0155. The molecule has 1 aliphatic rings. The summed E-state index contributed by atoms with van der Waals surface area (Å²) >= 11 is 0. The third-order valence-corrected chi connectivity index (χ3v) is 4.40. The second-order valence-corrected chi connectivity index (χ2v) is 5.36. The van der Waals surface area contributed by atoms with E-state index in [0.717, 1.165) is 26.2 Å². The zero-order valence-electron chi connectivity index (χ0n) is 12.7. The Morgan fingerprint density at radius 1 is 1.06 bits per heavy atom. The van der Waals surface area contributed by atoms with Crippen molar-refractivity contribution in [3.63, 3.8) is 0 Å². The molecule has 1 aliphatic heterocycles. The molecule has 0 amide bonds. The number of likely N-dealkylation sites (tertiary alicyclic amines) is 1. The summed E-state index contributed by atoms with van der Waals surface area (Å²) in [6.45, 7) is 13.8. The minimum Gasteiger partial charge on any atom is -0.353 e. The molecule has 0 aromatic heterocycles. The van der Waals surface area contributed by atoms with Crippen molar-refractivity contribution in [2.75, 3.05) is 32.8 Å². The lowest BCUT2D eigenvalue weighted by Gasteiger charge is -2.27. The predicted molar refractivity (Wildman–Crippen MR) is 75.7 cm³/mol. The maximum absolute atomic E-state index is 5.60. The Hall–Kier alpha value is -0.120. The maximum atomic E-state index is 5.60. The Kier molecular flexibility index (Phi) is 7.20. The summed E-state index contributed by atoms with van der Waals surface area (Å²) in [6, 6.07) is 0. The zero-order chi connectivity index (χ0) is 13.4. The van der Waals surface area contributed by atoms with Gasteiger partial charge in [-0.15, -0.1) is 0 Å². The van der Waals surface area contributed by atoms with Gasteiger partial charge in [-0.1, -0.05) is 13.8 Å². The number of rotatable bonds is 9. The van der Waals surface area contributed by atoms with Gasteiger partial charge in [0.15, 0.2) is 6.29 Å². The molecule has 0 bridgehead atoms. The molecule has 0 radical (unpaired) electrons. The van der Waals surface area contributed by atoms with E-state index in [1.165, 1.54) is 32.4 Å². The largest absolute Gasteiger partial charge is 0.353 e.